The predicted molar refractivity (Wildman–Crippen MR) is 86.8 cm³/mol. The van der Waals surface area contributed by atoms with Crippen molar-refractivity contribution in [3.05, 3.63) is 47.3 Å². The van der Waals surface area contributed by atoms with Gasteiger partial charge in [0.15, 0.2) is 0 Å². The van der Waals surface area contributed by atoms with Crippen LogP contribution in [0.5, 0.6) is 0 Å². The molecule has 0 N–H and O–H groups in total. The molecule has 2 aromatic rings. The monoisotopic (exact) mass is 296 g/mol. The Kier molecular flexibility index (Phi) is 3.49. The highest BCUT2D eigenvalue weighted by atomic mass is 15.4. The van der Waals surface area contributed by atoms with Crippen molar-refractivity contribution in [3.63, 3.8) is 0 Å². The summed E-state index contributed by atoms with van der Waals surface area (Å²) in [6, 6.07) is 9.82. The molecule has 2 atom stereocenters. The SMILES string of the molecule is Cc1cccc(C(C)N2CCC(n3cc(C4CC4)nn3)C2)c1. The Labute approximate surface area is 132 Å². The Hall–Kier alpha value is -1.68. The number of aryl methyl sites for hydroxylation is 1. The van der Waals surface area contributed by atoms with Crippen LogP contribution in [0.25, 0.3) is 0 Å². The fourth-order valence-corrected chi connectivity index (χ4v) is 3.51. The molecule has 1 saturated heterocycles. The van der Waals surface area contributed by atoms with Crippen molar-refractivity contribution < 1.29 is 0 Å². The van der Waals surface area contributed by atoms with Crippen molar-refractivity contribution in [1.29, 1.82) is 0 Å². The number of hydrogen-bond donors (Lipinski definition) is 0. The summed E-state index contributed by atoms with van der Waals surface area (Å²) < 4.78 is 2.11. The Balaban J connectivity index is 1.44. The molecule has 22 heavy (non-hydrogen) atoms. The molecule has 4 nitrogen and oxygen atoms in total. The minimum Gasteiger partial charge on any atom is -0.294 e. The second-order valence-electron chi connectivity index (χ2n) is 6.93. The van der Waals surface area contributed by atoms with Crippen LogP contribution in [0.2, 0.25) is 0 Å². The van der Waals surface area contributed by atoms with E-state index in [2.05, 4.69) is 64.2 Å². The van der Waals surface area contributed by atoms with Crippen LogP contribution >= 0.6 is 0 Å². The van der Waals surface area contributed by atoms with E-state index in [1.54, 1.807) is 0 Å². The Bertz CT molecular complexity index is 659. The second kappa shape index (κ2) is 5.51. The van der Waals surface area contributed by atoms with E-state index in [-0.39, 0.29) is 0 Å². The molecule has 116 valence electrons. The van der Waals surface area contributed by atoms with Gasteiger partial charge in [-0.3, -0.25) is 4.90 Å². The summed E-state index contributed by atoms with van der Waals surface area (Å²) in [5, 5.41) is 8.74. The van der Waals surface area contributed by atoms with Gasteiger partial charge in [0.05, 0.1) is 11.7 Å². The molecule has 2 fully saturated rings. The molecule has 0 radical (unpaired) electrons. The number of nitrogens with zero attached hydrogens (tertiary/aromatic N) is 4. The summed E-state index contributed by atoms with van der Waals surface area (Å²) in [6.07, 6.45) is 5.94. The zero-order chi connectivity index (χ0) is 15.1. The number of aromatic nitrogens is 3. The molecule has 1 aromatic carbocycles. The van der Waals surface area contributed by atoms with Gasteiger partial charge in [0.2, 0.25) is 0 Å². The first-order valence-electron chi connectivity index (χ1n) is 8.43. The smallest absolute Gasteiger partial charge is 0.0858 e. The molecule has 2 aliphatic rings. The molecular formula is C18H24N4. The van der Waals surface area contributed by atoms with Crippen molar-refractivity contribution in [2.75, 3.05) is 13.1 Å². The zero-order valence-electron chi connectivity index (χ0n) is 13.4. The average molecular weight is 296 g/mol. The molecule has 1 aliphatic heterocycles. The lowest BCUT2D eigenvalue weighted by molar-refractivity contribution is 0.250. The number of likely N-dealkylation sites (tertiary alicyclic amines) is 1. The summed E-state index contributed by atoms with van der Waals surface area (Å²) in [7, 11) is 0. The zero-order valence-corrected chi connectivity index (χ0v) is 13.4. The highest BCUT2D eigenvalue weighted by Gasteiger charge is 2.31. The maximum absolute atomic E-state index is 4.38. The lowest BCUT2D eigenvalue weighted by atomic mass is 10.0. The number of benzene rings is 1. The van der Waals surface area contributed by atoms with E-state index >= 15 is 0 Å². The van der Waals surface area contributed by atoms with E-state index in [1.807, 2.05) is 0 Å². The van der Waals surface area contributed by atoms with Crippen molar-refractivity contribution in [2.45, 2.75) is 51.1 Å². The standard InChI is InChI=1S/C18H24N4/c1-13-4-3-5-16(10-13)14(2)21-9-8-17(11-21)22-12-18(19-20-22)15-6-7-15/h3-5,10,12,14-15,17H,6-9,11H2,1-2H3. The van der Waals surface area contributed by atoms with Gasteiger partial charge in [-0.1, -0.05) is 35.0 Å². The minimum absolute atomic E-state index is 0.469. The van der Waals surface area contributed by atoms with Crippen molar-refractivity contribution >= 4 is 0 Å². The second-order valence-corrected chi connectivity index (χ2v) is 6.93. The van der Waals surface area contributed by atoms with Crippen molar-refractivity contribution in [3.8, 4) is 0 Å². The van der Waals surface area contributed by atoms with E-state index in [1.165, 1.54) is 36.1 Å². The summed E-state index contributed by atoms with van der Waals surface area (Å²) >= 11 is 0. The van der Waals surface area contributed by atoms with Crippen LogP contribution in [0.4, 0.5) is 0 Å². The first-order valence-corrected chi connectivity index (χ1v) is 8.43. The summed E-state index contributed by atoms with van der Waals surface area (Å²) in [5.41, 5.74) is 3.95. The highest BCUT2D eigenvalue weighted by Crippen LogP contribution is 2.39. The van der Waals surface area contributed by atoms with Gasteiger partial charge in [0, 0.05) is 31.2 Å². The van der Waals surface area contributed by atoms with Crippen LogP contribution < -0.4 is 0 Å². The van der Waals surface area contributed by atoms with Crippen LogP contribution in [0.1, 0.15) is 61.0 Å². The minimum atomic E-state index is 0.469. The Morgan fingerprint density at radius 3 is 2.86 bits per heavy atom. The molecule has 4 rings (SSSR count). The van der Waals surface area contributed by atoms with E-state index < -0.39 is 0 Å². The van der Waals surface area contributed by atoms with Gasteiger partial charge in [0.1, 0.15) is 0 Å². The topological polar surface area (TPSA) is 34.0 Å². The third-order valence-corrected chi connectivity index (χ3v) is 5.16. The van der Waals surface area contributed by atoms with Gasteiger partial charge in [-0.25, -0.2) is 4.68 Å². The van der Waals surface area contributed by atoms with Gasteiger partial charge >= 0.3 is 0 Å². The number of hydrogen-bond acceptors (Lipinski definition) is 3. The van der Waals surface area contributed by atoms with E-state index in [0.717, 1.165) is 13.1 Å². The molecule has 0 spiro atoms. The third kappa shape index (κ3) is 2.68. The van der Waals surface area contributed by atoms with Crippen molar-refractivity contribution in [2.24, 2.45) is 0 Å². The van der Waals surface area contributed by atoms with Gasteiger partial charge in [0.25, 0.3) is 0 Å². The molecule has 0 amide bonds. The van der Waals surface area contributed by atoms with Crippen LogP contribution in [0, 0.1) is 6.92 Å². The summed E-state index contributed by atoms with van der Waals surface area (Å²) in [4.78, 5) is 2.57. The first-order chi connectivity index (χ1) is 10.7. The molecule has 1 saturated carbocycles. The Morgan fingerprint density at radius 2 is 2.09 bits per heavy atom. The van der Waals surface area contributed by atoms with Crippen LogP contribution in [0.15, 0.2) is 30.5 Å². The van der Waals surface area contributed by atoms with Crippen molar-refractivity contribution in [1.82, 2.24) is 19.9 Å². The van der Waals surface area contributed by atoms with Crippen LogP contribution in [-0.2, 0) is 0 Å². The summed E-state index contributed by atoms with van der Waals surface area (Å²) in [5.74, 6) is 0.692. The molecule has 2 unspecified atom stereocenters. The maximum atomic E-state index is 4.38. The number of rotatable bonds is 4. The van der Waals surface area contributed by atoms with E-state index in [4.69, 9.17) is 0 Å². The predicted octanol–water partition coefficient (Wildman–Crippen LogP) is 3.47. The van der Waals surface area contributed by atoms with E-state index in [0.29, 0.717) is 18.0 Å². The Morgan fingerprint density at radius 1 is 1.23 bits per heavy atom. The highest BCUT2D eigenvalue weighted by molar-refractivity contribution is 5.25. The van der Waals surface area contributed by atoms with E-state index in [9.17, 15) is 0 Å². The maximum Gasteiger partial charge on any atom is 0.0858 e. The molecule has 1 aliphatic carbocycles. The van der Waals surface area contributed by atoms with Crippen LogP contribution in [0.3, 0.4) is 0 Å². The fraction of sp³-hybridized carbons (Fsp3) is 0.556. The largest absolute Gasteiger partial charge is 0.294 e. The molecule has 0 bridgehead atoms. The van der Waals surface area contributed by atoms with Gasteiger partial charge in [-0.15, -0.1) is 5.10 Å². The molecule has 4 heteroatoms. The lowest BCUT2D eigenvalue weighted by Gasteiger charge is -2.25. The van der Waals surface area contributed by atoms with Gasteiger partial charge < -0.3 is 0 Å². The van der Waals surface area contributed by atoms with Crippen LogP contribution in [-0.4, -0.2) is 33.0 Å². The lowest BCUT2D eigenvalue weighted by Crippen LogP contribution is -2.25. The molecule has 2 heterocycles. The van der Waals surface area contributed by atoms with Gasteiger partial charge in [-0.2, -0.15) is 0 Å². The quantitative estimate of drug-likeness (QED) is 0.866. The normalized spacial score (nSPS) is 23.8. The van der Waals surface area contributed by atoms with Gasteiger partial charge in [-0.05, 0) is 38.7 Å². The molecular weight excluding hydrogens is 272 g/mol. The third-order valence-electron chi connectivity index (χ3n) is 5.16. The molecule has 1 aromatic heterocycles. The first kappa shape index (κ1) is 13.9. The fourth-order valence-electron chi connectivity index (χ4n) is 3.51. The summed E-state index contributed by atoms with van der Waals surface area (Å²) in [6.45, 7) is 6.69. The average Bonchev–Trinajstić information content (AvgIpc) is 3.06.